The molecular formula is C13H10FN3O3. The molecule has 7 heteroatoms. The van der Waals surface area contributed by atoms with Gasteiger partial charge in [-0.2, -0.15) is 0 Å². The van der Waals surface area contributed by atoms with E-state index in [1.165, 1.54) is 24.3 Å². The van der Waals surface area contributed by atoms with Crippen molar-refractivity contribution in [3.05, 3.63) is 64.2 Å². The quantitative estimate of drug-likeness (QED) is 0.636. The lowest BCUT2D eigenvalue weighted by Gasteiger charge is -2.16. The lowest BCUT2D eigenvalue weighted by atomic mass is 10.1. The zero-order valence-electron chi connectivity index (χ0n) is 10.5. The third-order valence-electron chi connectivity index (χ3n) is 2.73. The highest BCUT2D eigenvalue weighted by atomic mass is 19.1. The molecule has 1 aromatic heterocycles. The summed E-state index contributed by atoms with van der Waals surface area (Å²) in [5, 5.41) is 10.7. The maximum atomic E-state index is 13.7. The van der Waals surface area contributed by atoms with Gasteiger partial charge in [0.1, 0.15) is 5.82 Å². The third kappa shape index (κ3) is 2.61. The second kappa shape index (κ2) is 5.43. The monoisotopic (exact) mass is 275 g/mol. The lowest BCUT2D eigenvalue weighted by molar-refractivity contribution is -0.384. The maximum absolute atomic E-state index is 13.7. The minimum Gasteiger partial charge on any atom is -0.310 e. The van der Waals surface area contributed by atoms with Gasteiger partial charge in [0.05, 0.1) is 22.4 Å². The van der Waals surface area contributed by atoms with Gasteiger partial charge in [-0.3, -0.25) is 19.9 Å². The molecule has 0 unspecified atom stereocenters. The van der Waals surface area contributed by atoms with Crippen molar-refractivity contribution in [2.75, 3.05) is 11.9 Å². The number of aromatic nitrogens is 1. The van der Waals surface area contributed by atoms with Crippen LogP contribution in [0.3, 0.4) is 0 Å². The lowest BCUT2D eigenvalue weighted by Crippen LogP contribution is -2.27. The smallest absolute Gasteiger partial charge is 0.270 e. The van der Waals surface area contributed by atoms with Crippen LogP contribution >= 0.6 is 0 Å². The molecule has 0 aliphatic carbocycles. The van der Waals surface area contributed by atoms with Crippen LogP contribution in [0.15, 0.2) is 42.7 Å². The summed E-state index contributed by atoms with van der Waals surface area (Å²) in [5.41, 5.74) is -0.233. The topological polar surface area (TPSA) is 76.3 Å². The van der Waals surface area contributed by atoms with E-state index in [9.17, 15) is 19.3 Å². The number of non-ortho nitro benzene ring substituents is 1. The number of hydrogen-bond acceptors (Lipinski definition) is 4. The Morgan fingerprint density at radius 2 is 2.15 bits per heavy atom. The van der Waals surface area contributed by atoms with E-state index in [2.05, 4.69) is 4.98 Å². The first-order valence-corrected chi connectivity index (χ1v) is 5.62. The number of carbonyl (C=O) groups is 1. The van der Waals surface area contributed by atoms with Crippen LogP contribution in [0.25, 0.3) is 0 Å². The Bertz CT molecular complexity index is 661. The first-order valence-electron chi connectivity index (χ1n) is 5.62. The fourth-order valence-corrected chi connectivity index (χ4v) is 1.64. The van der Waals surface area contributed by atoms with Crippen LogP contribution in [0.2, 0.25) is 0 Å². The van der Waals surface area contributed by atoms with E-state index >= 15 is 0 Å². The second-order valence-electron chi connectivity index (χ2n) is 4.00. The Balaban J connectivity index is 2.38. The SMILES string of the molecule is CN(C(=O)c1cc([N+](=O)[O-])ccc1F)c1cccnc1. The number of amides is 1. The van der Waals surface area contributed by atoms with Gasteiger partial charge >= 0.3 is 0 Å². The normalized spacial score (nSPS) is 10.1. The molecule has 0 aliphatic rings. The van der Waals surface area contributed by atoms with Crippen molar-refractivity contribution in [2.24, 2.45) is 0 Å². The van der Waals surface area contributed by atoms with Crippen molar-refractivity contribution in [2.45, 2.75) is 0 Å². The average Bonchev–Trinajstić information content (AvgIpc) is 2.47. The van der Waals surface area contributed by atoms with Gasteiger partial charge in [-0.15, -0.1) is 0 Å². The molecule has 0 atom stereocenters. The van der Waals surface area contributed by atoms with E-state index in [1.807, 2.05) is 0 Å². The number of anilines is 1. The molecule has 2 rings (SSSR count). The summed E-state index contributed by atoms with van der Waals surface area (Å²) >= 11 is 0. The number of hydrogen-bond donors (Lipinski definition) is 0. The zero-order valence-corrected chi connectivity index (χ0v) is 10.5. The molecule has 0 N–H and O–H groups in total. The predicted octanol–water partition coefficient (Wildman–Crippen LogP) is 2.41. The Morgan fingerprint density at radius 3 is 2.75 bits per heavy atom. The number of nitrogens with zero attached hydrogens (tertiary/aromatic N) is 3. The highest BCUT2D eigenvalue weighted by molar-refractivity contribution is 6.06. The molecule has 20 heavy (non-hydrogen) atoms. The van der Waals surface area contributed by atoms with Crippen molar-refractivity contribution in [1.29, 1.82) is 0 Å². The van der Waals surface area contributed by atoms with Crippen molar-refractivity contribution in [1.82, 2.24) is 4.98 Å². The van der Waals surface area contributed by atoms with Crippen LogP contribution in [0.5, 0.6) is 0 Å². The number of carbonyl (C=O) groups excluding carboxylic acids is 1. The Labute approximate surface area is 113 Å². The van der Waals surface area contributed by atoms with Gasteiger partial charge in [0.2, 0.25) is 0 Å². The molecule has 0 saturated heterocycles. The summed E-state index contributed by atoms with van der Waals surface area (Å²) < 4.78 is 13.7. The molecular weight excluding hydrogens is 265 g/mol. The highest BCUT2D eigenvalue weighted by Gasteiger charge is 2.20. The number of halogens is 1. The van der Waals surface area contributed by atoms with Gasteiger partial charge in [-0.05, 0) is 18.2 Å². The van der Waals surface area contributed by atoms with Crippen LogP contribution in [0.1, 0.15) is 10.4 Å². The molecule has 0 spiro atoms. The van der Waals surface area contributed by atoms with Crippen LogP contribution in [-0.4, -0.2) is 22.9 Å². The van der Waals surface area contributed by atoms with Gasteiger partial charge in [0.15, 0.2) is 0 Å². The van der Waals surface area contributed by atoms with Crippen molar-refractivity contribution < 1.29 is 14.1 Å². The van der Waals surface area contributed by atoms with Crippen molar-refractivity contribution >= 4 is 17.3 Å². The molecule has 1 aromatic carbocycles. The summed E-state index contributed by atoms with van der Waals surface area (Å²) in [6.07, 6.45) is 2.98. The van der Waals surface area contributed by atoms with Gasteiger partial charge < -0.3 is 4.90 Å². The molecule has 2 aromatic rings. The first-order chi connectivity index (χ1) is 9.50. The second-order valence-corrected chi connectivity index (χ2v) is 4.00. The molecule has 1 heterocycles. The van der Waals surface area contributed by atoms with Crippen LogP contribution in [0, 0.1) is 15.9 Å². The molecule has 1 amide bonds. The van der Waals surface area contributed by atoms with Gasteiger partial charge in [0.25, 0.3) is 11.6 Å². The van der Waals surface area contributed by atoms with E-state index in [0.717, 1.165) is 18.2 Å². The standard InChI is InChI=1S/C13H10FN3O3/c1-16(10-3-2-6-15-8-10)13(18)11-7-9(17(19)20)4-5-12(11)14/h2-8H,1H3. The number of benzene rings is 1. The summed E-state index contributed by atoms with van der Waals surface area (Å²) in [5.74, 6) is -1.49. The summed E-state index contributed by atoms with van der Waals surface area (Å²) in [7, 11) is 1.44. The summed E-state index contributed by atoms with van der Waals surface area (Å²) in [6.45, 7) is 0. The fraction of sp³-hybridized carbons (Fsp3) is 0.0769. The molecule has 0 saturated carbocycles. The third-order valence-corrected chi connectivity index (χ3v) is 2.73. The van der Waals surface area contributed by atoms with Crippen LogP contribution in [-0.2, 0) is 0 Å². The van der Waals surface area contributed by atoms with Crippen LogP contribution < -0.4 is 4.90 Å². The predicted molar refractivity (Wildman–Crippen MR) is 70.0 cm³/mol. The minimum atomic E-state index is -0.809. The van der Waals surface area contributed by atoms with Gasteiger partial charge in [-0.25, -0.2) is 4.39 Å². The molecule has 0 bridgehead atoms. The Hall–Kier alpha value is -2.83. The highest BCUT2D eigenvalue weighted by Crippen LogP contribution is 2.20. The fourth-order valence-electron chi connectivity index (χ4n) is 1.64. The van der Waals surface area contributed by atoms with E-state index in [-0.39, 0.29) is 11.3 Å². The first kappa shape index (κ1) is 13.6. The van der Waals surface area contributed by atoms with Crippen LogP contribution in [0.4, 0.5) is 15.8 Å². The van der Waals surface area contributed by atoms with E-state index < -0.39 is 16.6 Å². The zero-order chi connectivity index (χ0) is 14.7. The Kier molecular flexibility index (Phi) is 3.69. The summed E-state index contributed by atoms with van der Waals surface area (Å²) in [4.78, 5) is 27.2. The van der Waals surface area contributed by atoms with Gasteiger partial charge in [0, 0.05) is 25.4 Å². The maximum Gasteiger partial charge on any atom is 0.270 e. The number of pyridine rings is 1. The van der Waals surface area contributed by atoms with E-state index in [0.29, 0.717) is 5.69 Å². The van der Waals surface area contributed by atoms with E-state index in [4.69, 9.17) is 0 Å². The van der Waals surface area contributed by atoms with Crippen molar-refractivity contribution in [3.8, 4) is 0 Å². The molecule has 6 nitrogen and oxygen atoms in total. The molecule has 0 aliphatic heterocycles. The number of nitro benzene ring substituents is 1. The Morgan fingerprint density at radius 1 is 1.40 bits per heavy atom. The molecule has 0 radical (unpaired) electrons. The number of nitro groups is 1. The molecule has 0 fully saturated rings. The average molecular weight is 275 g/mol. The van der Waals surface area contributed by atoms with Crippen molar-refractivity contribution in [3.63, 3.8) is 0 Å². The largest absolute Gasteiger partial charge is 0.310 e. The van der Waals surface area contributed by atoms with Gasteiger partial charge in [-0.1, -0.05) is 0 Å². The van der Waals surface area contributed by atoms with E-state index in [1.54, 1.807) is 12.1 Å². The number of rotatable bonds is 3. The summed E-state index contributed by atoms with van der Waals surface area (Å²) in [6, 6.07) is 6.09. The molecule has 102 valence electrons. The minimum absolute atomic E-state index is 0.339.